The standard InChI is InChI=1S/C27H33FOP2/c1-4-19(5-2)17-29-13-12-22-15-27(31)24(16-26(22)30)23-11-10-21(14-25(23)28)20-8-6-18(3)7-9-20/h6-11,14-16,19H,4-5,12-13,17,30-31H2,1-3H3. The fourth-order valence-corrected chi connectivity index (χ4v) is 4.58. The molecule has 0 bridgehead atoms. The van der Waals surface area contributed by atoms with Gasteiger partial charge >= 0.3 is 0 Å². The lowest BCUT2D eigenvalue weighted by atomic mass is 9.98. The summed E-state index contributed by atoms with van der Waals surface area (Å²) in [6, 6.07) is 17.9. The lowest BCUT2D eigenvalue weighted by molar-refractivity contribution is 0.0990. The average molecular weight is 455 g/mol. The number of hydrogen-bond acceptors (Lipinski definition) is 1. The van der Waals surface area contributed by atoms with E-state index in [1.165, 1.54) is 11.1 Å². The van der Waals surface area contributed by atoms with Gasteiger partial charge in [-0.15, -0.1) is 18.5 Å². The first kappa shape index (κ1) is 24.1. The molecule has 1 nitrogen and oxygen atoms in total. The smallest absolute Gasteiger partial charge is 0.131 e. The second-order valence-corrected chi connectivity index (χ2v) is 9.45. The van der Waals surface area contributed by atoms with Gasteiger partial charge in [0.25, 0.3) is 0 Å². The normalized spacial score (nSPS) is 11.3. The van der Waals surface area contributed by atoms with E-state index in [1.807, 2.05) is 24.3 Å². The highest BCUT2D eigenvalue weighted by atomic mass is 31.0. The maximum Gasteiger partial charge on any atom is 0.131 e. The summed E-state index contributed by atoms with van der Waals surface area (Å²) in [7, 11) is 5.57. The SMILES string of the molecule is CCC(CC)COCCc1cc(P)c(-c2ccc(-c3ccc(C)cc3)cc2F)cc1P. The summed E-state index contributed by atoms with van der Waals surface area (Å²) in [5.74, 6) is 0.438. The largest absolute Gasteiger partial charge is 0.381 e. The highest BCUT2D eigenvalue weighted by molar-refractivity contribution is 7.29. The van der Waals surface area contributed by atoms with Crippen molar-refractivity contribution < 1.29 is 9.13 Å². The Labute approximate surface area is 191 Å². The van der Waals surface area contributed by atoms with Crippen molar-refractivity contribution in [3.05, 3.63) is 71.5 Å². The molecule has 3 rings (SSSR count). The van der Waals surface area contributed by atoms with Crippen LogP contribution in [0.5, 0.6) is 0 Å². The molecule has 0 aliphatic heterocycles. The summed E-state index contributed by atoms with van der Waals surface area (Å²) in [5.41, 5.74) is 5.87. The van der Waals surface area contributed by atoms with Gasteiger partial charge in [0.2, 0.25) is 0 Å². The highest BCUT2D eigenvalue weighted by Crippen LogP contribution is 2.28. The molecule has 3 aromatic rings. The highest BCUT2D eigenvalue weighted by Gasteiger charge is 2.13. The van der Waals surface area contributed by atoms with Gasteiger partial charge < -0.3 is 4.74 Å². The first-order valence-electron chi connectivity index (χ1n) is 11.1. The molecule has 0 heterocycles. The molecular weight excluding hydrogens is 421 g/mol. The number of ether oxygens (including phenoxy) is 1. The molecule has 0 aromatic heterocycles. The Morgan fingerprint density at radius 1 is 0.839 bits per heavy atom. The van der Waals surface area contributed by atoms with Gasteiger partial charge in [0.1, 0.15) is 5.82 Å². The number of benzene rings is 3. The molecule has 0 spiro atoms. The van der Waals surface area contributed by atoms with Crippen LogP contribution in [0.2, 0.25) is 0 Å². The maximum absolute atomic E-state index is 15.1. The van der Waals surface area contributed by atoms with E-state index in [1.54, 1.807) is 6.07 Å². The van der Waals surface area contributed by atoms with Crippen molar-refractivity contribution in [3.8, 4) is 22.3 Å². The lowest BCUT2D eigenvalue weighted by Crippen LogP contribution is -2.14. The Kier molecular flexibility index (Phi) is 8.79. The van der Waals surface area contributed by atoms with Gasteiger partial charge in [-0.05, 0) is 64.3 Å². The van der Waals surface area contributed by atoms with Crippen molar-refractivity contribution in [2.45, 2.75) is 40.0 Å². The fraction of sp³-hybridized carbons (Fsp3) is 0.333. The van der Waals surface area contributed by atoms with E-state index >= 15 is 4.39 Å². The van der Waals surface area contributed by atoms with E-state index in [2.05, 4.69) is 63.5 Å². The molecular formula is C27H33FOP2. The van der Waals surface area contributed by atoms with Crippen molar-refractivity contribution in [2.24, 2.45) is 5.92 Å². The Morgan fingerprint density at radius 3 is 2.16 bits per heavy atom. The van der Waals surface area contributed by atoms with Crippen LogP contribution >= 0.6 is 18.5 Å². The fourth-order valence-electron chi connectivity index (χ4n) is 3.75. The molecule has 31 heavy (non-hydrogen) atoms. The Hall–Kier alpha value is -1.59. The third-order valence-electron chi connectivity index (χ3n) is 5.98. The van der Waals surface area contributed by atoms with E-state index in [9.17, 15) is 0 Å². The molecule has 0 saturated heterocycles. The first-order valence-corrected chi connectivity index (χ1v) is 12.2. The Morgan fingerprint density at radius 2 is 1.52 bits per heavy atom. The van der Waals surface area contributed by atoms with Gasteiger partial charge in [0, 0.05) is 12.2 Å². The summed E-state index contributed by atoms with van der Waals surface area (Å²) >= 11 is 0. The number of rotatable bonds is 9. The molecule has 2 unspecified atom stereocenters. The second-order valence-electron chi connectivity index (χ2n) is 8.21. The maximum atomic E-state index is 15.1. The van der Waals surface area contributed by atoms with Gasteiger partial charge in [-0.1, -0.05) is 74.7 Å². The molecule has 3 aromatic carbocycles. The molecule has 4 heteroatoms. The number of halogens is 1. The third-order valence-corrected chi connectivity index (χ3v) is 6.99. The molecule has 164 valence electrons. The van der Waals surface area contributed by atoms with Crippen LogP contribution in [-0.2, 0) is 11.2 Å². The van der Waals surface area contributed by atoms with Gasteiger partial charge in [0.05, 0.1) is 6.61 Å². The van der Waals surface area contributed by atoms with E-state index in [-0.39, 0.29) is 5.82 Å². The zero-order chi connectivity index (χ0) is 22.4. The summed E-state index contributed by atoms with van der Waals surface area (Å²) in [5, 5.41) is 2.09. The predicted molar refractivity (Wildman–Crippen MR) is 139 cm³/mol. The topological polar surface area (TPSA) is 9.23 Å². The molecule has 0 aliphatic rings. The van der Waals surface area contributed by atoms with Crippen LogP contribution < -0.4 is 10.6 Å². The molecule has 0 radical (unpaired) electrons. The van der Waals surface area contributed by atoms with Crippen molar-refractivity contribution >= 4 is 29.1 Å². The van der Waals surface area contributed by atoms with Crippen LogP contribution in [0.25, 0.3) is 22.3 Å². The number of hydrogen-bond donors (Lipinski definition) is 0. The molecule has 2 atom stereocenters. The van der Waals surface area contributed by atoms with Crippen LogP contribution in [0, 0.1) is 18.7 Å². The Balaban J connectivity index is 1.75. The van der Waals surface area contributed by atoms with Crippen LogP contribution in [0.15, 0.2) is 54.6 Å². The molecule has 0 saturated carbocycles. The third kappa shape index (κ3) is 6.23. The van der Waals surface area contributed by atoms with Gasteiger partial charge in [0.15, 0.2) is 0 Å². The number of aryl methyl sites for hydroxylation is 1. The minimum atomic E-state index is -0.201. The molecule has 0 N–H and O–H groups in total. The minimum Gasteiger partial charge on any atom is -0.381 e. The quantitative estimate of drug-likeness (QED) is 0.266. The summed E-state index contributed by atoms with van der Waals surface area (Å²) < 4.78 is 21.0. The van der Waals surface area contributed by atoms with Crippen LogP contribution in [0.4, 0.5) is 4.39 Å². The zero-order valence-corrected chi connectivity index (χ0v) is 21.1. The van der Waals surface area contributed by atoms with Crippen LogP contribution in [-0.4, -0.2) is 13.2 Å². The van der Waals surface area contributed by atoms with Crippen molar-refractivity contribution in [1.29, 1.82) is 0 Å². The Bertz CT molecular complexity index is 1010. The summed E-state index contributed by atoms with van der Waals surface area (Å²) in [6.07, 6.45) is 3.17. The second kappa shape index (κ2) is 11.3. The van der Waals surface area contributed by atoms with E-state index in [0.717, 1.165) is 53.2 Å². The van der Waals surface area contributed by atoms with Crippen LogP contribution in [0.1, 0.15) is 37.8 Å². The summed E-state index contributed by atoms with van der Waals surface area (Å²) in [6.45, 7) is 8.01. The van der Waals surface area contributed by atoms with Crippen molar-refractivity contribution in [3.63, 3.8) is 0 Å². The first-order chi connectivity index (χ1) is 14.9. The molecule has 0 amide bonds. The molecule has 0 aliphatic carbocycles. The van der Waals surface area contributed by atoms with Gasteiger partial charge in [-0.3, -0.25) is 0 Å². The van der Waals surface area contributed by atoms with Gasteiger partial charge in [-0.2, -0.15) is 0 Å². The predicted octanol–water partition coefficient (Wildman–Crippen LogP) is 6.46. The average Bonchev–Trinajstić information content (AvgIpc) is 2.76. The van der Waals surface area contributed by atoms with Gasteiger partial charge in [-0.25, -0.2) is 4.39 Å². The van der Waals surface area contributed by atoms with Crippen molar-refractivity contribution in [1.82, 2.24) is 0 Å². The minimum absolute atomic E-state index is 0.201. The van der Waals surface area contributed by atoms with Crippen molar-refractivity contribution in [2.75, 3.05) is 13.2 Å². The van der Waals surface area contributed by atoms with Crippen LogP contribution in [0.3, 0.4) is 0 Å². The zero-order valence-electron chi connectivity index (χ0n) is 18.7. The van der Waals surface area contributed by atoms with E-state index in [0.29, 0.717) is 18.1 Å². The van der Waals surface area contributed by atoms with E-state index in [4.69, 9.17) is 4.74 Å². The summed E-state index contributed by atoms with van der Waals surface area (Å²) in [4.78, 5) is 0. The monoisotopic (exact) mass is 454 g/mol. The lowest BCUT2D eigenvalue weighted by Gasteiger charge is -2.15. The van der Waals surface area contributed by atoms with E-state index < -0.39 is 0 Å². The molecule has 0 fully saturated rings.